The largest absolute Gasteiger partial charge is 0.409 e. The molecule has 0 saturated carbocycles. The second-order valence-electron chi connectivity index (χ2n) is 2.88. The third-order valence-corrected chi connectivity index (χ3v) is 1.55. The van der Waals surface area contributed by atoms with Crippen LogP contribution in [0.2, 0.25) is 0 Å². The van der Waals surface area contributed by atoms with E-state index >= 15 is 0 Å². The number of hydrogen-bond donors (Lipinski definition) is 2. The molecular formula is C7H9F6NO2. The predicted octanol–water partition coefficient (Wildman–Crippen LogP) is 1.23. The second-order valence-corrected chi connectivity index (χ2v) is 2.88. The first kappa shape index (κ1) is 15.0. The minimum atomic E-state index is -5.68. The monoisotopic (exact) mass is 253 g/mol. The number of amides is 1. The van der Waals surface area contributed by atoms with Crippen molar-refractivity contribution < 1.29 is 36.2 Å². The van der Waals surface area contributed by atoms with Gasteiger partial charge in [0.25, 0.3) is 0 Å². The summed E-state index contributed by atoms with van der Waals surface area (Å²) in [6.45, 7) is -0.888. The number of alkyl halides is 6. The molecule has 0 aromatic carbocycles. The molecule has 0 spiro atoms. The van der Waals surface area contributed by atoms with E-state index in [1.54, 1.807) is 0 Å². The van der Waals surface area contributed by atoms with Gasteiger partial charge in [0.2, 0.25) is 11.8 Å². The van der Waals surface area contributed by atoms with Crippen molar-refractivity contribution in [3.8, 4) is 0 Å². The Bertz CT molecular complexity index is 222. The molecule has 1 amide bonds. The average molecular weight is 253 g/mol. The van der Waals surface area contributed by atoms with E-state index in [0.29, 0.717) is 0 Å². The number of halogens is 6. The van der Waals surface area contributed by atoms with E-state index in [2.05, 4.69) is 0 Å². The van der Waals surface area contributed by atoms with E-state index in [9.17, 15) is 31.1 Å². The molecule has 16 heavy (non-hydrogen) atoms. The molecule has 0 aliphatic rings. The Labute approximate surface area is 86.4 Å². The first-order chi connectivity index (χ1) is 7.10. The normalized spacial score (nSPS) is 13.0. The van der Waals surface area contributed by atoms with Crippen LogP contribution in [0.25, 0.3) is 0 Å². The lowest BCUT2D eigenvalue weighted by atomic mass is 10.1. The number of nitrogens with one attached hydrogen (secondary N) is 1. The predicted molar refractivity (Wildman–Crippen MR) is 40.3 cm³/mol. The quantitative estimate of drug-likeness (QED) is 0.584. The maximum Gasteiger partial charge on any atom is 0.409 e. The molecule has 0 aromatic rings. The summed E-state index contributed by atoms with van der Waals surface area (Å²) in [6, 6.07) is 0. The molecule has 0 aliphatic heterocycles. The van der Waals surface area contributed by atoms with Gasteiger partial charge in [0.05, 0.1) is 0 Å². The Morgan fingerprint density at radius 2 is 1.56 bits per heavy atom. The highest BCUT2D eigenvalue weighted by Gasteiger charge is 2.60. The van der Waals surface area contributed by atoms with Gasteiger partial charge < -0.3 is 10.4 Å². The van der Waals surface area contributed by atoms with Crippen molar-refractivity contribution in [2.24, 2.45) is 5.92 Å². The average Bonchev–Trinajstić information content (AvgIpc) is 1.98. The van der Waals surface area contributed by atoms with E-state index in [0.717, 1.165) is 0 Å². The molecule has 0 saturated heterocycles. The van der Waals surface area contributed by atoms with Crippen LogP contribution in [0.1, 0.15) is 6.42 Å². The summed E-state index contributed by atoms with van der Waals surface area (Å²) in [5.41, 5.74) is 0. The van der Waals surface area contributed by atoms with Crippen LogP contribution >= 0.6 is 0 Å². The van der Waals surface area contributed by atoms with E-state index in [-0.39, 0.29) is 6.42 Å². The molecule has 0 aromatic heterocycles. The van der Waals surface area contributed by atoms with Crippen molar-refractivity contribution in [1.29, 1.82) is 0 Å². The number of carbonyl (C=O) groups excluding carboxylic acids is 1. The smallest absolute Gasteiger partial charge is 0.396 e. The summed E-state index contributed by atoms with van der Waals surface area (Å²) in [5.74, 6) is -6.19. The maximum absolute atomic E-state index is 11.9. The van der Waals surface area contributed by atoms with Crippen LogP contribution in [0.15, 0.2) is 0 Å². The molecule has 0 rings (SSSR count). The first-order valence-corrected chi connectivity index (χ1v) is 4.12. The van der Waals surface area contributed by atoms with E-state index in [4.69, 9.17) is 5.11 Å². The van der Waals surface area contributed by atoms with E-state index < -0.39 is 37.3 Å². The van der Waals surface area contributed by atoms with Crippen molar-refractivity contribution in [3.63, 3.8) is 0 Å². The van der Waals surface area contributed by atoms with Crippen molar-refractivity contribution in [1.82, 2.24) is 5.32 Å². The molecule has 0 bridgehead atoms. The summed E-state index contributed by atoms with van der Waals surface area (Å²) in [4.78, 5) is 10.7. The van der Waals surface area contributed by atoms with Crippen LogP contribution in [0, 0.1) is 5.92 Å². The molecule has 0 radical (unpaired) electrons. The topological polar surface area (TPSA) is 49.3 Å². The fourth-order valence-corrected chi connectivity index (χ4v) is 0.876. The minimum Gasteiger partial charge on any atom is -0.396 e. The van der Waals surface area contributed by atoms with Crippen LogP contribution in [0.4, 0.5) is 26.3 Å². The minimum absolute atomic E-state index is 0.117. The van der Waals surface area contributed by atoms with E-state index in [1.807, 2.05) is 0 Å². The lowest BCUT2D eigenvalue weighted by Gasteiger charge is -2.21. The molecule has 0 aliphatic carbocycles. The fourth-order valence-electron chi connectivity index (χ4n) is 0.876. The lowest BCUT2D eigenvalue weighted by molar-refractivity contribution is -0.274. The Balaban J connectivity index is 4.61. The van der Waals surface area contributed by atoms with E-state index in [1.165, 1.54) is 5.32 Å². The van der Waals surface area contributed by atoms with Gasteiger partial charge in [0.1, 0.15) is 0 Å². The number of aliphatic hydroxyl groups is 1. The zero-order chi connectivity index (χ0) is 13.0. The number of hydrogen-bond acceptors (Lipinski definition) is 2. The van der Waals surface area contributed by atoms with Gasteiger partial charge in [0.15, 0.2) is 0 Å². The van der Waals surface area contributed by atoms with Crippen molar-refractivity contribution >= 4 is 5.91 Å². The molecule has 0 fully saturated rings. The Kier molecular flexibility index (Phi) is 5.04. The highest BCUT2D eigenvalue weighted by atomic mass is 19.4. The van der Waals surface area contributed by atoms with Gasteiger partial charge in [-0.2, -0.15) is 26.3 Å². The molecule has 0 heterocycles. The number of carbonyl (C=O) groups is 1. The van der Waals surface area contributed by atoms with Gasteiger partial charge >= 0.3 is 12.4 Å². The molecule has 9 heteroatoms. The highest BCUT2D eigenvalue weighted by Crippen LogP contribution is 2.39. The molecule has 96 valence electrons. The number of rotatable bonds is 4. The third-order valence-electron chi connectivity index (χ3n) is 1.55. The Morgan fingerprint density at radius 3 is 1.88 bits per heavy atom. The van der Waals surface area contributed by atoms with Crippen molar-refractivity contribution in [3.05, 3.63) is 0 Å². The van der Waals surface area contributed by atoms with Gasteiger partial charge in [-0.1, -0.05) is 0 Å². The van der Waals surface area contributed by atoms with Crippen LogP contribution in [0.5, 0.6) is 0 Å². The van der Waals surface area contributed by atoms with Gasteiger partial charge in [0, 0.05) is 13.2 Å². The van der Waals surface area contributed by atoms with Gasteiger partial charge in [-0.3, -0.25) is 4.79 Å². The van der Waals surface area contributed by atoms with Crippen LogP contribution < -0.4 is 5.32 Å². The zero-order valence-electron chi connectivity index (χ0n) is 7.82. The fraction of sp³-hybridized carbons (Fsp3) is 0.857. The van der Waals surface area contributed by atoms with Gasteiger partial charge in [-0.25, -0.2) is 0 Å². The summed E-state index contributed by atoms with van der Waals surface area (Å²) in [6.07, 6.45) is -11.5. The zero-order valence-corrected chi connectivity index (χ0v) is 7.82. The van der Waals surface area contributed by atoms with Gasteiger partial charge in [-0.15, -0.1) is 0 Å². The maximum atomic E-state index is 11.9. The summed E-state index contributed by atoms with van der Waals surface area (Å²) < 4.78 is 71.7. The number of aliphatic hydroxyl groups excluding tert-OH is 1. The first-order valence-electron chi connectivity index (χ1n) is 4.12. The van der Waals surface area contributed by atoms with Gasteiger partial charge in [-0.05, 0) is 6.42 Å². The SMILES string of the molecule is O=C(NCCCO)C(C(F)(F)F)C(F)(F)F. The molecule has 3 nitrogen and oxygen atoms in total. The van der Waals surface area contributed by atoms with Crippen LogP contribution in [0.3, 0.4) is 0 Å². The van der Waals surface area contributed by atoms with Crippen LogP contribution in [-0.2, 0) is 4.79 Å². The third kappa shape index (κ3) is 4.69. The van der Waals surface area contributed by atoms with Crippen molar-refractivity contribution in [2.45, 2.75) is 18.8 Å². The molecule has 0 atom stereocenters. The second kappa shape index (κ2) is 5.37. The Morgan fingerprint density at radius 1 is 1.12 bits per heavy atom. The standard InChI is InChI=1S/C7H9F6NO2/c8-6(9,10)4(7(11,12)13)5(16)14-2-1-3-15/h4,15H,1-3H2,(H,14,16). The summed E-state index contributed by atoms with van der Waals surface area (Å²) in [5, 5.41) is 9.70. The lowest BCUT2D eigenvalue weighted by Crippen LogP contribution is -2.48. The molecule has 2 N–H and O–H groups in total. The molecular weight excluding hydrogens is 244 g/mol. The Hall–Kier alpha value is -0.990. The summed E-state index contributed by atoms with van der Waals surface area (Å²) in [7, 11) is 0. The van der Waals surface area contributed by atoms with Crippen molar-refractivity contribution in [2.75, 3.05) is 13.2 Å². The summed E-state index contributed by atoms with van der Waals surface area (Å²) >= 11 is 0. The van der Waals surface area contributed by atoms with Crippen LogP contribution in [-0.4, -0.2) is 36.5 Å². The highest BCUT2D eigenvalue weighted by molar-refractivity contribution is 5.80. The molecule has 0 unspecified atom stereocenters.